The van der Waals surface area contributed by atoms with E-state index in [9.17, 15) is 0 Å². The SMILES string of the molecule is C[SiH](C)CSc1ncc(COCCOCCOCCOCCOCCOCCN=[N+]=[N-])cn1. The van der Waals surface area contributed by atoms with Crippen molar-refractivity contribution in [3.8, 4) is 0 Å². The molecular weight excluding hydrogens is 466 g/mol. The van der Waals surface area contributed by atoms with Crippen LogP contribution in [0.15, 0.2) is 22.7 Å². The highest BCUT2D eigenvalue weighted by Gasteiger charge is 2.02. The van der Waals surface area contributed by atoms with Crippen molar-refractivity contribution in [1.82, 2.24) is 9.97 Å². The Kier molecular flexibility index (Phi) is 20.3. The van der Waals surface area contributed by atoms with Crippen LogP contribution >= 0.6 is 11.8 Å². The summed E-state index contributed by atoms with van der Waals surface area (Å²) in [4.78, 5) is 11.4. The van der Waals surface area contributed by atoms with Gasteiger partial charge in [-0.25, -0.2) is 9.97 Å². The average molecular weight is 504 g/mol. The second kappa shape index (κ2) is 22.5. The molecule has 0 aliphatic carbocycles. The van der Waals surface area contributed by atoms with Gasteiger partial charge in [-0.1, -0.05) is 30.0 Å². The summed E-state index contributed by atoms with van der Waals surface area (Å²) in [6, 6.07) is 0. The summed E-state index contributed by atoms with van der Waals surface area (Å²) >= 11 is 1.73. The van der Waals surface area contributed by atoms with Gasteiger partial charge in [-0.2, -0.15) is 0 Å². The molecule has 1 rings (SSSR count). The average Bonchev–Trinajstić information content (AvgIpc) is 2.82. The van der Waals surface area contributed by atoms with Crippen LogP contribution in [0.1, 0.15) is 5.56 Å². The molecule has 0 spiro atoms. The smallest absolute Gasteiger partial charge is 0.187 e. The van der Waals surface area contributed by atoms with Crippen LogP contribution in [0.25, 0.3) is 10.4 Å². The Morgan fingerprint density at radius 2 is 1.24 bits per heavy atom. The molecule has 1 aromatic rings. The van der Waals surface area contributed by atoms with Crippen molar-refractivity contribution >= 4 is 20.6 Å². The molecule has 33 heavy (non-hydrogen) atoms. The number of hydrogen-bond acceptors (Lipinski definition) is 10. The molecule has 0 amide bonds. The van der Waals surface area contributed by atoms with Crippen LogP contribution in [0, 0.1) is 0 Å². The minimum atomic E-state index is -0.593. The van der Waals surface area contributed by atoms with E-state index >= 15 is 0 Å². The fourth-order valence-electron chi connectivity index (χ4n) is 2.17. The summed E-state index contributed by atoms with van der Waals surface area (Å²) in [5.41, 5.74) is 9.07. The van der Waals surface area contributed by atoms with Crippen LogP contribution in [-0.2, 0) is 35.0 Å². The molecule has 0 bridgehead atoms. The van der Waals surface area contributed by atoms with Crippen molar-refractivity contribution in [1.29, 1.82) is 0 Å². The highest BCUT2D eigenvalue weighted by Crippen LogP contribution is 2.13. The van der Waals surface area contributed by atoms with Gasteiger partial charge in [0.2, 0.25) is 0 Å². The molecule has 0 atom stereocenters. The maximum absolute atomic E-state index is 8.11. The zero-order valence-electron chi connectivity index (χ0n) is 19.7. The van der Waals surface area contributed by atoms with Gasteiger partial charge in [0.1, 0.15) is 0 Å². The minimum Gasteiger partial charge on any atom is -0.379 e. The Bertz CT molecular complexity index is 625. The first kappa shape index (κ1) is 29.7. The Morgan fingerprint density at radius 1 is 0.788 bits per heavy atom. The topological polar surface area (TPSA) is 130 Å². The third-order valence-electron chi connectivity index (χ3n) is 3.76. The lowest BCUT2D eigenvalue weighted by molar-refractivity contribution is -0.0174. The summed E-state index contributed by atoms with van der Waals surface area (Å²) in [6.07, 6.45) is 3.65. The van der Waals surface area contributed by atoms with E-state index in [-0.39, 0.29) is 0 Å². The van der Waals surface area contributed by atoms with E-state index < -0.39 is 8.80 Å². The second-order valence-corrected chi connectivity index (χ2v) is 11.9. The minimum absolute atomic E-state index is 0.336. The first-order valence-electron chi connectivity index (χ1n) is 11.1. The molecule has 0 unspecified atom stereocenters. The monoisotopic (exact) mass is 503 g/mol. The zero-order valence-corrected chi connectivity index (χ0v) is 21.7. The molecule has 1 heterocycles. The van der Waals surface area contributed by atoms with Gasteiger partial charge in [-0.05, 0) is 10.9 Å². The lowest BCUT2D eigenvalue weighted by Gasteiger charge is -2.08. The lowest BCUT2D eigenvalue weighted by atomic mass is 10.4. The Hall–Kier alpha value is -1.28. The van der Waals surface area contributed by atoms with Crippen molar-refractivity contribution in [3.63, 3.8) is 0 Å². The fourth-order valence-corrected chi connectivity index (χ4v) is 4.36. The lowest BCUT2D eigenvalue weighted by Crippen LogP contribution is -2.14. The summed E-state index contributed by atoms with van der Waals surface area (Å²) in [7, 11) is -0.593. The molecule has 13 heteroatoms. The number of ether oxygens (including phenoxy) is 6. The molecular formula is C20H37N5O6SSi. The number of rotatable bonds is 23. The predicted octanol–water partition coefficient (Wildman–Crippen LogP) is 2.50. The van der Waals surface area contributed by atoms with E-state index in [0.717, 1.165) is 16.1 Å². The normalized spacial score (nSPS) is 11.1. The largest absolute Gasteiger partial charge is 0.379 e. The van der Waals surface area contributed by atoms with Gasteiger partial charge in [0.15, 0.2) is 5.16 Å². The number of thioether (sulfide) groups is 1. The first-order valence-corrected chi connectivity index (χ1v) is 15.2. The van der Waals surface area contributed by atoms with Gasteiger partial charge in [-0.3, -0.25) is 0 Å². The van der Waals surface area contributed by atoms with Gasteiger partial charge >= 0.3 is 0 Å². The number of hydrogen-bond donors (Lipinski definition) is 0. The molecule has 11 nitrogen and oxygen atoms in total. The van der Waals surface area contributed by atoms with Gasteiger partial charge in [0.25, 0.3) is 0 Å². The molecule has 188 valence electrons. The number of azide groups is 1. The molecule has 0 saturated heterocycles. The molecule has 0 fully saturated rings. The van der Waals surface area contributed by atoms with Crippen molar-refractivity contribution in [2.24, 2.45) is 5.11 Å². The van der Waals surface area contributed by atoms with Crippen molar-refractivity contribution in [2.75, 3.05) is 84.6 Å². The molecule has 0 radical (unpaired) electrons. The quantitative estimate of drug-likeness (QED) is 0.0420. The van der Waals surface area contributed by atoms with Crippen LogP contribution in [-0.4, -0.2) is 103 Å². The third kappa shape index (κ3) is 19.9. The zero-order chi connectivity index (χ0) is 23.8. The van der Waals surface area contributed by atoms with E-state index in [1.165, 1.54) is 0 Å². The van der Waals surface area contributed by atoms with Crippen LogP contribution in [0.2, 0.25) is 13.1 Å². The van der Waals surface area contributed by atoms with Gasteiger partial charge in [0, 0.05) is 38.2 Å². The molecule has 0 N–H and O–H groups in total. The summed E-state index contributed by atoms with van der Waals surface area (Å²) in [5, 5.41) is 5.36. The fraction of sp³-hybridized carbons (Fsp3) is 0.800. The van der Waals surface area contributed by atoms with Crippen LogP contribution in [0.5, 0.6) is 0 Å². The van der Waals surface area contributed by atoms with Crippen LogP contribution < -0.4 is 0 Å². The second-order valence-electron chi connectivity index (χ2n) is 7.15. The molecule has 0 aliphatic heterocycles. The molecule has 0 saturated carbocycles. The summed E-state index contributed by atoms with van der Waals surface area (Å²) in [6.45, 7) is 10.9. The van der Waals surface area contributed by atoms with E-state index in [0.29, 0.717) is 85.8 Å². The van der Waals surface area contributed by atoms with Crippen molar-refractivity contribution in [2.45, 2.75) is 24.9 Å². The van der Waals surface area contributed by atoms with E-state index in [1.807, 2.05) is 12.4 Å². The predicted molar refractivity (Wildman–Crippen MR) is 129 cm³/mol. The third-order valence-corrected chi connectivity index (χ3v) is 7.56. The Balaban J connectivity index is 1.78. The Labute approximate surface area is 202 Å². The summed E-state index contributed by atoms with van der Waals surface area (Å²) < 4.78 is 32.5. The van der Waals surface area contributed by atoms with Crippen molar-refractivity contribution in [3.05, 3.63) is 28.4 Å². The maximum atomic E-state index is 8.11. The number of aromatic nitrogens is 2. The first-order chi connectivity index (χ1) is 16.2. The highest BCUT2D eigenvalue weighted by atomic mass is 32.2. The van der Waals surface area contributed by atoms with Gasteiger partial charge < -0.3 is 28.4 Å². The Morgan fingerprint density at radius 3 is 1.70 bits per heavy atom. The van der Waals surface area contributed by atoms with Crippen LogP contribution in [0.4, 0.5) is 0 Å². The van der Waals surface area contributed by atoms with Gasteiger partial charge in [0.05, 0.1) is 79.3 Å². The maximum Gasteiger partial charge on any atom is 0.187 e. The molecule has 0 aliphatic rings. The van der Waals surface area contributed by atoms with Crippen LogP contribution in [0.3, 0.4) is 0 Å². The van der Waals surface area contributed by atoms with Gasteiger partial charge in [-0.15, -0.1) is 0 Å². The van der Waals surface area contributed by atoms with Crippen molar-refractivity contribution < 1.29 is 28.4 Å². The number of nitrogens with zero attached hydrogens (tertiary/aromatic N) is 5. The molecule has 0 aromatic carbocycles. The highest BCUT2D eigenvalue weighted by molar-refractivity contribution is 8.00. The van der Waals surface area contributed by atoms with E-state index in [2.05, 4.69) is 33.1 Å². The molecule has 1 aromatic heterocycles. The summed E-state index contributed by atoms with van der Waals surface area (Å²) in [5.74, 6) is 0. The van der Waals surface area contributed by atoms with E-state index in [4.69, 9.17) is 34.0 Å². The van der Waals surface area contributed by atoms with E-state index in [1.54, 1.807) is 11.8 Å². The standard InChI is InChI=1S/C20H37N5O6SSi/c1-33(2)18-32-20-22-15-19(16-23-20)17-31-14-13-30-12-11-29-10-9-28-8-7-27-6-5-26-4-3-24-25-21/h15-16,33H,3-14,17-18H2,1-2H3.